The lowest BCUT2D eigenvalue weighted by Gasteiger charge is -1.59. The van der Waals surface area contributed by atoms with Gasteiger partial charge in [-0.15, -0.1) is 12.4 Å². The highest BCUT2D eigenvalue weighted by Crippen LogP contribution is 1.50. The second-order valence-electron chi connectivity index (χ2n) is 1.43. The molecule has 0 unspecified atom stereocenters. The molecule has 0 aliphatic heterocycles. The summed E-state index contributed by atoms with van der Waals surface area (Å²) in [5, 5.41) is 7.42. The maximum Gasteiger partial charge on any atom is 0.300 e. The van der Waals surface area contributed by atoms with Crippen LogP contribution in [0.5, 0.6) is 0 Å². The Morgan fingerprint density at radius 1 is 1.11 bits per heavy atom. The van der Waals surface area contributed by atoms with Gasteiger partial charge in [0.15, 0.2) is 0 Å². The molecule has 0 rings (SSSR count). The second kappa shape index (κ2) is 10.4. The normalized spacial score (nSPS) is 5.67. The minimum Gasteiger partial charge on any atom is -0.481 e. The molecule has 4 heteroatoms. The van der Waals surface area contributed by atoms with Crippen LogP contribution in [0.15, 0.2) is 0 Å². The monoisotopic (exact) mass is 154 g/mol. The first-order chi connectivity index (χ1) is 3.46. The molecule has 0 aliphatic rings. The van der Waals surface area contributed by atoms with Gasteiger partial charge in [-0.3, -0.25) is 4.79 Å². The fourth-order valence-corrected chi connectivity index (χ4v) is 0. The van der Waals surface area contributed by atoms with Gasteiger partial charge in [-0.25, -0.2) is 0 Å². The molecule has 0 heterocycles. The van der Waals surface area contributed by atoms with Crippen molar-refractivity contribution in [3.63, 3.8) is 0 Å². The molecule has 0 aromatic heterocycles. The van der Waals surface area contributed by atoms with Crippen molar-refractivity contribution in [1.29, 1.82) is 0 Å². The summed E-state index contributed by atoms with van der Waals surface area (Å²) in [5.41, 5.74) is 0. The average Bonchev–Trinajstić information content (AvgIpc) is 1.25. The van der Waals surface area contributed by atoms with Crippen molar-refractivity contribution in [2.24, 2.45) is 0 Å². The minimum atomic E-state index is -0.833. The van der Waals surface area contributed by atoms with Crippen molar-refractivity contribution >= 4 is 24.2 Å². The van der Waals surface area contributed by atoms with Crippen LogP contribution in [0, 0.1) is 0 Å². The fraction of sp³-hybridized carbons (Fsp3) is 0.600. The lowest BCUT2D eigenvalue weighted by atomic mass is 10.6. The molecule has 9 heavy (non-hydrogen) atoms. The zero-order valence-corrected chi connectivity index (χ0v) is 6.49. The van der Waals surface area contributed by atoms with Gasteiger partial charge >= 0.3 is 0 Å². The Bertz CT molecular complexity index is 70.2. The number of Topliss-reactive ketones (excluding diaryl/α,β-unsaturated/α-hetero) is 1. The molecule has 1 N–H and O–H groups in total. The number of rotatable bonds is 0. The highest BCUT2D eigenvalue weighted by molar-refractivity contribution is 5.85. The molecule has 0 bridgehead atoms. The first-order valence-electron chi connectivity index (χ1n) is 2.13. The molecule has 0 fully saturated rings. The summed E-state index contributed by atoms with van der Waals surface area (Å²) in [6.45, 7) is 4.14. The molecule has 0 amide bonds. The van der Waals surface area contributed by atoms with E-state index < -0.39 is 5.97 Å². The van der Waals surface area contributed by atoms with Gasteiger partial charge in [-0.05, 0) is 13.8 Å². The number of hydrogen-bond donors (Lipinski definition) is 1. The van der Waals surface area contributed by atoms with E-state index >= 15 is 0 Å². The summed E-state index contributed by atoms with van der Waals surface area (Å²) in [5.74, 6) is -0.667. The van der Waals surface area contributed by atoms with E-state index in [1.54, 1.807) is 0 Å². The molecule has 0 aromatic rings. The Labute approximate surface area is 60.5 Å². The molecule has 0 radical (unpaired) electrons. The molecule has 3 nitrogen and oxygen atoms in total. The van der Waals surface area contributed by atoms with Gasteiger partial charge in [0.1, 0.15) is 5.78 Å². The Morgan fingerprint density at radius 3 is 1.11 bits per heavy atom. The average molecular weight is 155 g/mol. The topological polar surface area (TPSA) is 54.4 Å². The number of carboxylic acids is 1. The van der Waals surface area contributed by atoms with Gasteiger partial charge in [0, 0.05) is 6.92 Å². The van der Waals surface area contributed by atoms with Crippen LogP contribution >= 0.6 is 12.4 Å². The standard InChI is InChI=1S/C3H6O.C2H4O2.ClH/c1-3(2)4;1-2(3)4;/h1-2H3;1H3,(H,3,4);1H. The van der Waals surface area contributed by atoms with Crippen LogP contribution < -0.4 is 0 Å². The summed E-state index contributed by atoms with van der Waals surface area (Å²) in [4.78, 5) is 18.4. The second-order valence-corrected chi connectivity index (χ2v) is 1.43. The molecule has 0 spiro atoms. The number of ketones is 1. The van der Waals surface area contributed by atoms with Gasteiger partial charge in [0.25, 0.3) is 5.97 Å². The van der Waals surface area contributed by atoms with E-state index in [4.69, 9.17) is 9.90 Å². The van der Waals surface area contributed by atoms with Gasteiger partial charge < -0.3 is 9.90 Å². The highest BCUT2D eigenvalue weighted by Gasteiger charge is 1.65. The SMILES string of the molecule is CC(=O)O.CC(C)=O.Cl. The van der Waals surface area contributed by atoms with Crippen molar-refractivity contribution in [2.45, 2.75) is 20.8 Å². The highest BCUT2D eigenvalue weighted by atomic mass is 35.5. The van der Waals surface area contributed by atoms with Gasteiger partial charge in [-0.1, -0.05) is 0 Å². The van der Waals surface area contributed by atoms with E-state index in [1.165, 1.54) is 13.8 Å². The van der Waals surface area contributed by atoms with Gasteiger partial charge in [-0.2, -0.15) is 0 Å². The van der Waals surface area contributed by atoms with Crippen LogP contribution in [0.3, 0.4) is 0 Å². The molecule has 56 valence electrons. The predicted octanol–water partition coefficient (Wildman–Crippen LogP) is 1.11. The van der Waals surface area contributed by atoms with E-state index in [2.05, 4.69) is 0 Å². The Morgan fingerprint density at radius 2 is 1.11 bits per heavy atom. The minimum absolute atomic E-state index is 0. The van der Waals surface area contributed by atoms with Crippen LogP contribution in [0.2, 0.25) is 0 Å². The maximum absolute atomic E-state index is 9.44. The van der Waals surface area contributed by atoms with Crippen LogP contribution in [0.25, 0.3) is 0 Å². The molecule has 0 saturated carbocycles. The largest absolute Gasteiger partial charge is 0.481 e. The number of carbonyl (C=O) groups excluding carboxylic acids is 1. The Balaban J connectivity index is -0.0000000720. The first-order valence-corrected chi connectivity index (χ1v) is 2.13. The number of carbonyl (C=O) groups is 2. The summed E-state index contributed by atoms with van der Waals surface area (Å²) in [7, 11) is 0. The molecular formula is C5H11ClO3. The van der Waals surface area contributed by atoms with E-state index in [9.17, 15) is 4.79 Å². The van der Waals surface area contributed by atoms with Crippen LogP contribution in [-0.2, 0) is 9.59 Å². The van der Waals surface area contributed by atoms with Crippen molar-refractivity contribution in [3.05, 3.63) is 0 Å². The van der Waals surface area contributed by atoms with E-state index in [0.29, 0.717) is 0 Å². The van der Waals surface area contributed by atoms with E-state index in [0.717, 1.165) is 6.92 Å². The number of aliphatic carboxylic acids is 1. The molecular weight excluding hydrogens is 144 g/mol. The third kappa shape index (κ3) is 674. The predicted molar refractivity (Wildman–Crippen MR) is 36.9 cm³/mol. The Kier molecular flexibility index (Phi) is 18.3. The summed E-state index contributed by atoms with van der Waals surface area (Å²) in [6, 6.07) is 0. The zero-order valence-electron chi connectivity index (χ0n) is 5.67. The molecule has 0 aromatic carbocycles. The third-order valence-corrected chi connectivity index (χ3v) is 0. The van der Waals surface area contributed by atoms with Crippen molar-refractivity contribution in [2.75, 3.05) is 0 Å². The smallest absolute Gasteiger partial charge is 0.300 e. The maximum atomic E-state index is 9.44. The molecule has 0 saturated heterocycles. The quantitative estimate of drug-likeness (QED) is 0.569. The van der Waals surface area contributed by atoms with Crippen molar-refractivity contribution in [1.82, 2.24) is 0 Å². The summed E-state index contributed by atoms with van der Waals surface area (Å²) in [6.07, 6.45) is 0. The Hall–Kier alpha value is -0.570. The van der Waals surface area contributed by atoms with Crippen molar-refractivity contribution < 1.29 is 14.7 Å². The number of carboxylic acid groups (broad SMARTS) is 1. The number of hydrogen-bond acceptors (Lipinski definition) is 2. The zero-order chi connectivity index (χ0) is 7.15. The lowest BCUT2D eigenvalue weighted by Crippen LogP contribution is -1.78. The van der Waals surface area contributed by atoms with E-state index in [-0.39, 0.29) is 18.2 Å². The third-order valence-electron chi connectivity index (χ3n) is 0. The lowest BCUT2D eigenvalue weighted by molar-refractivity contribution is -0.134. The van der Waals surface area contributed by atoms with Crippen LogP contribution in [-0.4, -0.2) is 16.9 Å². The summed E-state index contributed by atoms with van der Waals surface area (Å²) < 4.78 is 0. The summed E-state index contributed by atoms with van der Waals surface area (Å²) >= 11 is 0. The molecule has 0 aliphatic carbocycles. The fourth-order valence-electron chi connectivity index (χ4n) is 0. The van der Waals surface area contributed by atoms with Gasteiger partial charge in [0.2, 0.25) is 0 Å². The van der Waals surface area contributed by atoms with Gasteiger partial charge in [0.05, 0.1) is 0 Å². The van der Waals surface area contributed by atoms with Crippen LogP contribution in [0.1, 0.15) is 20.8 Å². The first kappa shape index (κ1) is 15.8. The molecule has 0 atom stereocenters. The van der Waals surface area contributed by atoms with Crippen molar-refractivity contribution in [3.8, 4) is 0 Å². The van der Waals surface area contributed by atoms with Crippen LogP contribution in [0.4, 0.5) is 0 Å². The number of halogens is 1. The van der Waals surface area contributed by atoms with E-state index in [1.807, 2.05) is 0 Å².